The predicted molar refractivity (Wildman–Crippen MR) is 146 cm³/mol. The molecule has 0 radical (unpaired) electrons. The zero-order valence-electron chi connectivity index (χ0n) is 24.1. The SMILES string of the molecule is CCCCCC[C@@H](C)OC(=O)C/C(=C/C(=O)O[C@@H](C)CCCCCC)C(=O)O[C@@H](C)CCCCCC. The Morgan fingerprint density at radius 1 is 0.583 bits per heavy atom. The van der Waals surface area contributed by atoms with Gasteiger partial charge in [-0.1, -0.05) is 78.6 Å². The number of carbonyl (C=O) groups is 3. The molecule has 210 valence electrons. The van der Waals surface area contributed by atoms with Crippen molar-refractivity contribution >= 4 is 17.9 Å². The summed E-state index contributed by atoms with van der Waals surface area (Å²) in [6.07, 6.45) is 15.5. The highest BCUT2D eigenvalue weighted by molar-refractivity contribution is 5.99. The summed E-state index contributed by atoms with van der Waals surface area (Å²) < 4.78 is 16.5. The van der Waals surface area contributed by atoms with Gasteiger partial charge >= 0.3 is 17.9 Å². The second kappa shape index (κ2) is 22.4. The first-order valence-corrected chi connectivity index (χ1v) is 14.5. The minimum Gasteiger partial charge on any atom is -0.462 e. The Kier molecular flexibility index (Phi) is 21.2. The van der Waals surface area contributed by atoms with Crippen LogP contribution in [0, 0.1) is 0 Å². The number of carbonyl (C=O) groups excluding carboxylic acids is 3. The molecule has 0 bridgehead atoms. The lowest BCUT2D eigenvalue weighted by atomic mass is 10.1. The third kappa shape index (κ3) is 19.4. The van der Waals surface area contributed by atoms with Gasteiger partial charge in [0.25, 0.3) is 0 Å². The van der Waals surface area contributed by atoms with E-state index in [0.717, 1.165) is 102 Å². The fourth-order valence-corrected chi connectivity index (χ4v) is 3.99. The maximum Gasteiger partial charge on any atom is 0.335 e. The van der Waals surface area contributed by atoms with Crippen LogP contribution >= 0.6 is 0 Å². The van der Waals surface area contributed by atoms with Crippen LogP contribution in [0.25, 0.3) is 0 Å². The van der Waals surface area contributed by atoms with Crippen LogP contribution in [0.15, 0.2) is 11.6 Å². The van der Waals surface area contributed by atoms with E-state index in [2.05, 4.69) is 20.8 Å². The smallest absolute Gasteiger partial charge is 0.335 e. The summed E-state index contributed by atoms with van der Waals surface area (Å²) >= 11 is 0. The van der Waals surface area contributed by atoms with E-state index in [-0.39, 0.29) is 30.3 Å². The maximum atomic E-state index is 12.9. The van der Waals surface area contributed by atoms with Crippen molar-refractivity contribution in [1.29, 1.82) is 0 Å². The highest BCUT2D eigenvalue weighted by atomic mass is 16.6. The lowest BCUT2D eigenvalue weighted by Crippen LogP contribution is -2.22. The quantitative estimate of drug-likeness (QED) is 0.0635. The largest absolute Gasteiger partial charge is 0.462 e. The van der Waals surface area contributed by atoms with Crippen LogP contribution < -0.4 is 0 Å². The number of unbranched alkanes of at least 4 members (excludes halogenated alkanes) is 9. The Labute approximate surface area is 220 Å². The zero-order chi connectivity index (χ0) is 27.2. The molecule has 6 heteroatoms. The van der Waals surface area contributed by atoms with Crippen molar-refractivity contribution in [2.45, 2.75) is 163 Å². The van der Waals surface area contributed by atoms with Crippen LogP contribution in [0.2, 0.25) is 0 Å². The Hall–Kier alpha value is -1.85. The number of hydrogen-bond donors (Lipinski definition) is 0. The lowest BCUT2D eigenvalue weighted by Gasteiger charge is -2.17. The van der Waals surface area contributed by atoms with Gasteiger partial charge in [0, 0.05) is 6.08 Å². The topological polar surface area (TPSA) is 78.9 Å². The number of ether oxygens (including phenoxy) is 3. The molecule has 0 aromatic heterocycles. The summed E-state index contributed by atoms with van der Waals surface area (Å²) in [4.78, 5) is 38.0. The number of rotatable bonds is 22. The van der Waals surface area contributed by atoms with E-state index in [1.807, 2.05) is 20.8 Å². The highest BCUT2D eigenvalue weighted by Gasteiger charge is 2.22. The summed E-state index contributed by atoms with van der Waals surface area (Å²) in [5, 5.41) is 0. The first-order valence-electron chi connectivity index (χ1n) is 14.5. The van der Waals surface area contributed by atoms with Crippen molar-refractivity contribution in [3.63, 3.8) is 0 Å². The Morgan fingerprint density at radius 3 is 1.44 bits per heavy atom. The molecular weight excluding hydrogens is 456 g/mol. The molecule has 0 rings (SSSR count). The molecule has 0 fully saturated rings. The molecule has 0 amide bonds. The van der Waals surface area contributed by atoms with Crippen LogP contribution in [0.1, 0.15) is 144 Å². The van der Waals surface area contributed by atoms with Crippen molar-refractivity contribution in [3.05, 3.63) is 11.6 Å². The summed E-state index contributed by atoms with van der Waals surface area (Å²) in [7, 11) is 0. The van der Waals surface area contributed by atoms with E-state index in [1.165, 1.54) is 0 Å². The fraction of sp³-hybridized carbons (Fsp3) is 0.833. The lowest BCUT2D eigenvalue weighted by molar-refractivity contribution is -0.151. The van der Waals surface area contributed by atoms with Gasteiger partial charge in [-0.3, -0.25) is 4.79 Å². The van der Waals surface area contributed by atoms with E-state index in [4.69, 9.17) is 14.2 Å². The predicted octanol–water partition coefficient (Wildman–Crippen LogP) is 8.01. The molecule has 0 aromatic rings. The summed E-state index contributed by atoms with van der Waals surface area (Å²) in [6, 6.07) is 0. The van der Waals surface area contributed by atoms with Crippen LogP contribution in [0.4, 0.5) is 0 Å². The van der Waals surface area contributed by atoms with Gasteiger partial charge in [0.1, 0.15) is 0 Å². The monoisotopic (exact) mass is 510 g/mol. The minimum atomic E-state index is -0.655. The van der Waals surface area contributed by atoms with Crippen molar-refractivity contribution in [3.8, 4) is 0 Å². The van der Waals surface area contributed by atoms with Crippen molar-refractivity contribution in [1.82, 2.24) is 0 Å². The maximum absolute atomic E-state index is 12.9. The average molecular weight is 511 g/mol. The molecule has 0 aliphatic carbocycles. The third-order valence-electron chi connectivity index (χ3n) is 6.24. The van der Waals surface area contributed by atoms with E-state index >= 15 is 0 Å². The van der Waals surface area contributed by atoms with Crippen molar-refractivity contribution in [2.24, 2.45) is 0 Å². The molecule has 0 aliphatic heterocycles. The normalized spacial score (nSPS) is 14.1. The fourth-order valence-electron chi connectivity index (χ4n) is 3.99. The minimum absolute atomic E-state index is 0.0122. The van der Waals surface area contributed by atoms with Gasteiger partial charge < -0.3 is 14.2 Å². The van der Waals surface area contributed by atoms with Crippen LogP contribution in [0.5, 0.6) is 0 Å². The standard InChI is InChI=1S/C30H54O6/c1-7-10-13-16-19-24(4)34-28(31)22-27(30(33)36-26(6)21-18-15-12-9-3)23-29(32)35-25(5)20-17-14-11-8-2/h22,24-26H,7-21,23H2,1-6H3/b27-22-/t24-,25+,26-/m0/s1. The van der Waals surface area contributed by atoms with Gasteiger partial charge in [-0.25, -0.2) is 9.59 Å². The summed E-state index contributed by atoms with van der Waals surface area (Å²) in [5.74, 6) is -1.81. The van der Waals surface area contributed by atoms with Crippen LogP contribution in [-0.4, -0.2) is 36.2 Å². The van der Waals surface area contributed by atoms with Gasteiger partial charge in [-0.15, -0.1) is 0 Å². The molecule has 0 N–H and O–H groups in total. The number of esters is 3. The Bertz CT molecular complexity index is 627. The molecule has 0 aromatic carbocycles. The first kappa shape index (κ1) is 34.1. The molecule has 0 saturated heterocycles. The molecule has 0 saturated carbocycles. The molecule has 0 unspecified atom stereocenters. The second-order valence-corrected chi connectivity index (χ2v) is 10.2. The van der Waals surface area contributed by atoms with E-state index in [1.54, 1.807) is 0 Å². The van der Waals surface area contributed by atoms with Crippen molar-refractivity contribution in [2.75, 3.05) is 0 Å². The summed E-state index contributed by atoms with van der Waals surface area (Å²) in [5.41, 5.74) is -0.0122. The first-order chi connectivity index (χ1) is 17.2. The average Bonchev–Trinajstić information content (AvgIpc) is 2.81. The number of hydrogen-bond acceptors (Lipinski definition) is 6. The Morgan fingerprint density at radius 2 is 1.00 bits per heavy atom. The molecule has 6 nitrogen and oxygen atoms in total. The van der Waals surface area contributed by atoms with Gasteiger partial charge in [0.05, 0.1) is 30.3 Å². The Balaban J connectivity index is 5.05. The van der Waals surface area contributed by atoms with E-state index < -0.39 is 17.9 Å². The van der Waals surface area contributed by atoms with Gasteiger partial charge in [-0.05, 0) is 59.3 Å². The molecule has 0 heterocycles. The molecule has 0 aliphatic rings. The second-order valence-electron chi connectivity index (χ2n) is 10.2. The van der Waals surface area contributed by atoms with Crippen molar-refractivity contribution < 1.29 is 28.6 Å². The molecule has 36 heavy (non-hydrogen) atoms. The molecular formula is C30H54O6. The van der Waals surface area contributed by atoms with E-state index in [9.17, 15) is 14.4 Å². The molecule has 0 spiro atoms. The van der Waals surface area contributed by atoms with Crippen LogP contribution in [0.3, 0.4) is 0 Å². The molecule has 3 atom stereocenters. The van der Waals surface area contributed by atoms with Gasteiger partial charge in [0.2, 0.25) is 0 Å². The van der Waals surface area contributed by atoms with E-state index in [0.29, 0.717) is 0 Å². The third-order valence-corrected chi connectivity index (χ3v) is 6.24. The highest BCUT2D eigenvalue weighted by Crippen LogP contribution is 2.16. The van der Waals surface area contributed by atoms with Crippen LogP contribution in [-0.2, 0) is 28.6 Å². The summed E-state index contributed by atoms with van der Waals surface area (Å²) in [6.45, 7) is 12.0. The van der Waals surface area contributed by atoms with Gasteiger partial charge in [0.15, 0.2) is 0 Å². The zero-order valence-corrected chi connectivity index (χ0v) is 24.1. The van der Waals surface area contributed by atoms with Gasteiger partial charge in [-0.2, -0.15) is 0 Å².